The van der Waals surface area contributed by atoms with Crippen molar-refractivity contribution in [3.8, 4) is 11.4 Å². The van der Waals surface area contributed by atoms with Crippen molar-refractivity contribution >= 4 is 17.2 Å². The summed E-state index contributed by atoms with van der Waals surface area (Å²) in [6.07, 6.45) is 2.73. The van der Waals surface area contributed by atoms with Gasteiger partial charge in [-0.15, -0.1) is 0 Å². The number of aromatic nitrogens is 3. The fraction of sp³-hybridized carbons (Fsp3) is 0.458. The van der Waals surface area contributed by atoms with Crippen LogP contribution in [0.4, 0.5) is 4.39 Å². The molecule has 3 aromatic rings. The molecule has 0 bridgehead atoms. The summed E-state index contributed by atoms with van der Waals surface area (Å²) in [5, 5.41) is 0.287. The van der Waals surface area contributed by atoms with Crippen LogP contribution in [0.2, 0.25) is 5.02 Å². The van der Waals surface area contributed by atoms with Crippen molar-refractivity contribution in [3.05, 3.63) is 62.4 Å². The Balaban J connectivity index is 1.66. The van der Waals surface area contributed by atoms with Crippen LogP contribution in [0.25, 0.3) is 17.0 Å². The molecule has 2 unspecified atom stereocenters. The molecule has 0 aliphatic carbocycles. The Kier molecular flexibility index (Phi) is 5.73. The van der Waals surface area contributed by atoms with Gasteiger partial charge in [0.2, 0.25) is 0 Å². The lowest BCUT2D eigenvalue weighted by atomic mass is 9.86. The molecule has 5 rings (SSSR count). The van der Waals surface area contributed by atoms with Crippen LogP contribution >= 0.6 is 11.6 Å². The molecule has 0 amide bonds. The van der Waals surface area contributed by atoms with Crippen LogP contribution in [-0.2, 0) is 9.47 Å². The monoisotopic (exact) mass is 457 g/mol. The second-order valence-corrected chi connectivity index (χ2v) is 9.14. The second-order valence-electron chi connectivity index (χ2n) is 8.70. The molecule has 0 spiro atoms. The summed E-state index contributed by atoms with van der Waals surface area (Å²) < 4.78 is 27.9. The number of hydrogen-bond acceptors (Lipinski definition) is 5. The lowest BCUT2D eigenvalue weighted by molar-refractivity contribution is -0.0310. The molecule has 2 aromatic heterocycles. The number of benzene rings is 1. The predicted octanol–water partition coefficient (Wildman–Crippen LogP) is 4.46. The first kappa shape index (κ1) is 21.5. The summed E-state index contributed by atoms with van der Waals surface area (Å²) in [6, 6.07) is 6.27. The Morgan fingerprint density at radius 2 is 2.00 bits per heavy atom. The molecule has 0 radical (unpaired) electrons. The maximum atomic E-state index is 14.9. The number of nitrogens with zero attached hydrogens (tertiary/aromatic N) is 3. The van der Waals surface area contributed by atoms with Gasteiger partial charge in [-0.3, -0.25) is 4.79 Å². The Morgan fingerprint density at radius 1 is 1.16 bits per heavy atom. The molecule has 2 saturated heterocycles. The summed E-state index contributed by atoms with van der Waals surface area (Å²) in [6.45, 7) is 5.66. The van der Waals surface area contributed by atoms with Gasteiger partial charge >= 0.3 is 0 Å². The number of aryl methyl sites for hydroxylation is 1. The van der Waals surface area contributed by atoms with Gasteiger partial charge in [-0.1, -0.05) is 11.6 Å². The molecule has 6 nitrogen and oxygen atoms in total. The zero-order valence-electron chi connectivity index (χ0n) is 18.1. The van der Waals surface area contributed by atoms with Crippen molar-refractivity contribution in [1.82, 2.24) is 14.4 Å². The molecule has 1 aromatic carbocycles. The van der Waals surface area contributed by atoms with Crippen molar-refractivity contribution in [2.45, 2.75) is 45.1 Å². The van der Waals surface area contributed by atoms with Crippen LogP contribution in [0.5, 0.6) is 0 Å². The zero-order valence-corrected chi connectivity index (χ0v) is 18.9. The summed E-state index contributed by atoms with van der Waals surface area (Å²) in [7, 11) is 0. The highest BCUT2D eigenvalue weighted by Gasteiger charge is 2.33. The zero-order chi connectivity index (χ0) is 22.4. The van der Waals surface area contributed by atoms with Crippen LogP contribution in [0.3, 0.4) is 0 Å². The molecule has 0 N–H and O–H groups in total. The highest BCUT2D eigenvalue weighted by atomic mass is 35.5. The molecular weight excluding hydrogens is 433 g/mol. The van der Waals surface area contributed by atoms with Crippen LogP contribution < -0.4 is 5.56 Å². The largest absolute Gasteiger partial charge is 0.381 e. The maximum absolute atomic E-state index is 14.9. The van der Waals surface area contributed by atoms with E-state index < -0.39 is 5.82 Å². The fourth-order valence-corrected chi connectivity index (χ4v) is 4.86. The van der Waals surface area contributed by atoms with Gasteiger partial charge < -0.3 is 9.47 Å². The smallest absolute Gasteiger partial charge is 0.262 e. The molecule has 32 heavy (non-hydrogen) atoms. The van der Waals surface area contributed by atoms with Gasteiger partial charge in [0.05, 0.1) is 18.3 Å². The minimum Gasteiger partial charge on any atom is -0.381 e. The Hall–Kier alpha value is -2.35. The number of ether oxygens (including phenoxy) is 2. The molecule has 3 atom stereocenters. The SMILES string of the molecule is Cc1nc2cc([C@@H]3CCOC(C4CCOC4)C3)nc(-c3ccc(Cl)cc3F)n2c(=O)c1C. The minimum atomic E-state index is -0.526. The number of halogens is 2. The molecule has 8 heteroatoms. The highest BCUT2D eigenvalue weighted by Crippen LogP contribution is 2.36. The Labute approximate surface area is 190 Å². The molecule has 0 saturated carbocycles. The average molecular weight is 458 g/mol. The second kappa shape index (κ2) is 8.54. The van der Waals surface area contributed by atoms with Crippen LogP contribution in [-0.4, -0.2) is 40.3 Å². The van der Waals surface area contributed by atoms with Crippen molar-refractivity contribution in [1.29, 1.82) is 0 Å². The molecule has 2 aliphatic heterocycles. The summed E-state index contributed by atoms with van der Waals surface area (Å²) >= 11 is 5.97. The predicted molar refractivity (Wildman–Crippen MR) is 120 cm³/mol. The third-order valence-electron chi connectivity index (χ3n) is 6.70. The average Bonchev–Trinajstić information content (AvgIpc) is 3.32. The quantitative estimate of drug-likeness (QED) is 0.580. The van der Waals surface area contributed by atoms with E-state index in [1.165, 1.54) is 10.5 Å². The van der Waals surface area contributed by atoms with Crippen molar-refractivity contribution in [2.24, 2.45) is 5.92 Å². The normalized spacial score (nSPS) is 23.7. The van der Waals surface area contributed by atoms with Gasteiger partial charge in [0.25, 0.3) is 5.56 Å². The maximum Gasteiger partial charge on any atom is 0.262 e. The van der Waals surface area contributed by atoms with Crippen molar-refractivity contribution < 1.29 is 13.9 Å². The first-order valence-corrected chi connectivity index (χ1v) is 11.4. The minimum absolute atomic E-state index is 0.111. The summed E-state index contributed by atoms with van der Waals surface area (Å²) in [5.74, 6) is 0.241. The highest BCUT2D eigenvalue weighted by molar-refractivity contribution is 6.30. The molecular formula is C24H25ClFN3O3. The van der Waals surface area contributed by atoms with E-state index in [-0.39, 0.29) is 34.0 Å². The van der Waals surface area contributed by atoms with Gasteiger partial charge in [-0.25, -0.2) is 18.8 Å². The van der Waals surface area contributed by atoms with Crippen LogP contribution in [0.1, 0.15) is 42.1 Å². The lowest BCUT2D eigenvalue weighted by Crippen LogP contribution is -2.32. The fourth-order valence-electron chi connectivity index (χ4n) is 4.70. The van der Waals surface area contributed by atoms with Gasteiger partial charge in [0.1, 0.15) is 11.5 Å². The van der Waals surface area contributed by atoms with E-state index in [4.69, 9.17) is 26.1 Å². The van der Waals surface area contributed by atoms with E-state index in [9.17, 15) is 9.18 Å². The lowest BCUT2D eigenvalue weighted by Gasteiger charge is -2.32. The van der Waals surface area contributed by atoms with E-state index in [0.29, 0.717) is 29.4 Å². The van der Waals surface area contributed by atoms with E-state index in [0.717, 1.165) is 38.2 Å². The number of fused-ring (bicyclic) bond motifs is 1. The Morgan fingerprint density at radius 3 is 2.75 bits per heavy atom. The van der Waals surface area contributed by atoms with E-state index in [1.807, 2.05) is 13.0 Å². The van der Waals surface area contributed by atoms with Crippen molar-refractivity contribution in [3.63, 3.8) is 0 Å². The van der Waals surface area contributed by atoms with E-state index >= 15 is 0 Å². The summed E-state index contributed by atoms with van der Waals surface area (Å²) in [4.78, 5) is 22.6. The molecule has 168 valence electrons. The summed E-state index contributed by atoms with van der Waals surface area (Å²) in [5.41, 5.74) is 2.42. The van der Waals surface area contributed by atoms with Gasteiger partial charge in [-0.05, 0) is 51.3 Å². The van der Waals surface area contributed by atoms with Crippen LogP contribution in [0, 0.1) is 25.6 Å². The van der Waals surface area contributed by atoms with Gasteiger partial charge in [-0.2, -0.15) is 0 Å². The van der Waals surface area contributed by atoms with Gasteiger partial charge in [0.15, 0.2) is 5.82 Å². The molecule has 2 fully saturated rings. The first-order chi connectivity index (χ1) is 15.4. The Bertz CT molecular complexity index is 1240. The van der Waals surface area contributed by atoms with E-state index in [2.05, 4.69) is 4.98 Å². The number of rotatable bonds is 3. The standard InChI is InChI=1S/C24H25ClFN3O3/c1-13-14(2)27-22-11-20(15-6-8-32-21(9-15)16-5-7-31-12-16)28-23(29(22)24(13)30)18-4-3-17(25)10-19(18)26/h3-4,10-11,15-16,21H,5-9,12H2,1-2H3/t15-,16?,21?/m1/s1. The molecule has 2 aliphatic rings. The van der Waals surface area contributed by atoms with Crippen molar-refractivity contribution in [2.75, 3.05) is 19.8 Å². The topological polar surface area (TPSA) is 65.7 Å². The third-order valence-corrected chi connectivity index (χ3v) is 6.93. The number of hydrogen-bond donors (Lipinski definition) is 0. The van der Waals surface area contributed by atoms with Crippen LogP contribution in [0.15, 0.2) is 29.1 Å². The first-order valence-electron chi connectivity index (χ1n) is 11.0. The molecule has 4 heterocycles. The van der Waals surface area contributed by atoms with Gasteiger partial charge in [0, 0.05) is 53.1 Å². The van der Waals surface area contributed by atoms with E-state index in [1.54, 1.807) is 19.1 Å². The third kappa shape index (κ3) is 3.83.